The lowest BCUT2D eigenvalue weighted by Crippen LogP contribution is -2.40. The summed E-state index contributed by atoms with van der Waals surface area (Å²) >= 11 is 6.22. The van der Waals surface area contributed by atoms with Crippen LogP contribution in [0.15, 0.2) is 12.3 Å². The van der Waals surface area contributed by atoms with Gasteiger partial charge in [-0.3, -0.25) is 4.79 Å². The Balaban J connectivity index is 2.10. The Hall–Kier alpha value is -1.37. The quantitative estimate of drug-likeness (QED) is 0.860. The monoisotopic (exact) mass is 327 g/mol. The van der Waals surface area contributed by atoms with Crippen molar-refractivity contribution >= 4 is 23.3 Å². The molecule has 122 valence electrons. The largest absolute Gasteiger partial charge is 0.394 e. The van der Waals surface area contributed by atoms with E-state index in [0.29, 0.717) is 42.7 Å². The summed E-state index contributed by atoms with van der Waals surface area (Å²) in [6, 6.07) is 1.48. The van der Waals surface area contributed by atoms with E-state index in [1.54, 1.807) is 11.0 Å². The summed E-state index contributed by atoms with van der Waals surface area (Å²) in [6.07, 6.45) is 1.51. The number of morpholine rings is 1. The van der Waals surface area contributed by atoms with Gasteiger partial charge in [-0.2, -0.15) is 0 Å². The van der Waals surface area contributed by atoms with Crippen LogP contribution in [-0.4, -0.2) is 59.8 Å². The van der Waals surface area contributed by atoms with Gasteiger partial charge in [0.25, 0.3) is 5.91 Å². The summed E-state index contributed by atoms with van der Waals surface area (Å²) in [5.41, 5.74) is 0.461. The second-order valence-electron chi connectivity index (χ2n) is 5.64. The van der Waals surface area contributed by atoms with Crippen molar-refractivity contribution in [2.75, 3.05) is 38.2 Å². The van der Waals surface area contributed by atoms with E-state index in [2.05, 4.69) is 10.3 Å². The van der Waals surface area contributed by atoms with Gasteiger partial charge in [0, 0.05) is 19.3 Å². The fourth-order valence-corrected chi connectivity index (χ4v) is 2.43. The lowest BCUT2D eigenvalue weighted by molar-refractivity contribution is 0.0302. The third kappa shape index (κ3) is 4.09. The molecule has 1 aromatic rings. The molecular weight excluding hydrogens is 306 g/mol. The molecule has 0 aromatic carbocycles. The van der Waals surface area contributed by atoms with Gasteiger partial charge in [0.15, 0.2) is 0 Å². The first-order valence-electron chi connectivity index (χ1n) is 7.43. The van der Waals surface area contributed by atoms with E-state index in [-0.39, 0.29) is 24.5 Å². The smallest absolute Gasteiger partial charge is 0.255 e. The Morgan fingerprint density at radius 2 is 2.18 bits per heavy atom. The molecule has 22 heavy (non-hydrogen) atoms. The molecule has 1 saturated heterocycles. The second kappa shape index (κ2) is 7.76. The molecule has 1 aromatic heterocycles. The van der Waals surface area contributed by atoms with E-state index < -0.39 is 0 Å². The Bertz CT molecular complexity index is 519. The highest BCUT2D eigenvalue weighted by molar-refractivity contribution is 6.33. The van der Waals surface area contributed by atoms with E-state index in [1.807, 2.05) is 13.8 Å². The Morgan fingerprint density at radius 1 is 1.50 bits per heavy atom. The fourth-order valence-electron chi connectivity index (χ4n) is 2.21. The number of nitrogens with zero attached hydrogens (tertiary/aromatic N) is 2. The first-order valence-corrected chi connectivity index (χ1v) is 7.80. The molecule has 7 heteroatoms. The number of nitrogens with one attached hydrogen (secondary N) is 1. The zero-order valence-electron chi connectivity index (χ0n) is 12.9. The van der Waals surface area contributed by atoms with Gasteiger partial charge in [-0.25, -0.2) is 4.98 Å². The number of anilines is 1. The summed E-state index contributed by atoms with van der Waals surface area (Å²) < 4.78 is 5.24. The zero-order valence-corrected chi connectivity index (χ0v) is 13.6. The van der Waals surface area contributed by atoms with Crippen LogP contribution >= 0.6 is 11.6 Å². The number of ether oxygens (including phenoxy) is 1. The summed E-state index contributed by atoms with van der Waals surface area (Å²) in [5.74, 6) is 0.622. The molecule has 1 atom stereocenters. The maximum Gasteiger partial charge on any atom is 0.255 e. The van der Waals surface area contributed by atoms with Crippen molar-refractivity contribution in [1.29, 1.82) is 0 Å². The number of rotatable bonds is 5. The van der Waals surface area contributed by atoms with E-state index in [0.717, 1.165) is 0 Å². The molecule has 0 unspecified atom stereocenters. The number of carbonyl (C=O) groups is 1. The first-order chi connectivity index (χ1) is 10.5. The fraction of sp³-hybridized carbons (Fsp3) is 0.600. The maximum atomic E-state index is 12.4. The van der Waals surface area contributed by atoms with E-state index in [9.17, 15) is 9.90 Å². The molecule has 0 radical (unpaired) electrons. The molecule has 2 heterocycles. The molecule has 1 fully saturated rings. The van der Waals surface area contributed by atoms with Crippen LogP contribution in [0, 0.1) is 5.92 Å². The van der Waals surface area contributed by atoms with E-state index in [1.165, 1.54) is 6.20 Å². The highest BCUT2D eigenvalue weighted by atomic mass is 35.5. The van der Waals surface area contributed by atoms with Gasteiger partial charge in [-0.05, 0) is 12.0 Å². The molecule has 0 spiro atoms. The van der Waals surface area contributed by atoms with Gasteiger partial charge in [0.1, 0.15) is 5.82 Å². The minimum Gasteiger partial charge on any atom is -0.394 e. The zero-order chi connectivity index (χ0) is 16.1. The van der Waals surface area contributed by atoms with Crippen molar-refractivity contribution in [3.05, 3.63) is 22.8 Å². The average Bonchev–Trinajstić information content (AvgIpc) is 2.53. The minimum absolute atomic E-state index is 0.00979. The predicted octanol–water partition coefficient (Wildman–Crippen LogP) is 1.64. The number of halogens is 1. The first kappa shape index (κ1) is 17.0. The van der Waals surface area contributed by atoms with E-state index in [4.69, 9.17) is 16.3 Å². The van der Waals surface area contributed by atoms with Crippen molar-refractivity contribution in [2.24, 2.45) is 5.92 Å². The third-order valence-corrected chi connectivity index (χ3v) is 4.00. The Morgan fingerprint density at radius 3 is 2.73 bits per heavy atom. The predicted molar refractivity (Wildman–Crippen MR) is 85.3 cm³/mol. The third-order valence-electron chi connectivity index (χ3n) is 3.71. The van der Waals surface area contributed by atoms with Crippen LogP contribution in [0.1, 0.15) is 24.2 Å². The van der Waals surface area contributed by atoms with Crippen LogP contribution in [0.4, 0.5) is 5.82 Å². The Kier molecular flexibility index (Phi) is 5.99. The van der Waals surface area contributed by atoms with E-state index >= 15 is 0 Å². The average molecular weight is 328 g/mol. The summed E-state index contributed by atoms with van der Waals surface area (Å²) in [4.78, 5) is 18.3. The maximum absolute atomic E-state index is 12.4. The van der Waals surface area contributed by atoms with Crippen molar-refractivity contribution < 1.29 is 14.6 Å². The lowest BCUT2D eigenvalue weighted by Gasteiger charge is -2.27. The Labute approximate surface area is 135 Å². The summed E-state index contributed by atoms with van der Waals surface area (Å²) in [5, 5.41) is 12.8. The van der Waals surface area contributed by atoms with Crippen LogP contribution in [-0.2, 0) is 4.74 Å². The number of aromatic nitrogens is 1. The molecule has 1 amide bonds. The van der Waals surface area contributed by atoms with Crippen LogP contribution in [0.25, 0.3) is 0 Å². The molecule has 0 bridgehead atoms. The van der Waals surface area contributed by atoms with Gasteiger partial charge < -0.3 is 20.1 Å². The number of hydrogen-bond donors (Lipinski definition) is 2. The molecule has 1 aliphatic heterocycles. The molecular formula is C15H22ClN3O3. The SMILES string of the molecule is CC(C)[C@@H](CO)Nc1ncc(C(=O)N2CCOCC2)cc1Cl. The summed E-state index contributed by atoms with van der Waals surface area (Å²) in [7, 11) is 0. The molecule has 2 N–H and O–H groups in total. The summed E-state index contributed by atoms with van der Waals surface area (Å²) in [6.45, 7) is 6.26. The van der Waals surface area contributed by atoms with Gasteiger partial charge in [0.05, 0.1) is 36.4 Å². The molecule has 0 aliphatic carbocycles. The van der Waals surface area contributed by atoms with Crippen LogP contribution in [0.5, 0.6) is 0 Å². The number of aliphatic hydroxyl groups excluding tert-OH is 1. The minimum atomic E-state index is -0.134. The van der Waals surface area contributed by atoms with Crippen molar-refractivity contribution in [3.8, 4) is 0 Å². The lowest BCUT2D eigenvalue weighted by atomic mass is 10.1. The van der Waals surface area contributed by atoms with Crippen LogP contribution < -0.4 is 5.32 Å². The molecule has 0 saturated carbocycles. The molecule has 6 nitrogen and oxygen atoms in total. The normalized spacial score (nSPS) is 16.7. The van der Waals surface area contributed by atoms with Gasteiger partial charge in [0.2, 0.25) is 0 Å². The topological polar surface area (TPSA) is 74.7 Å². The van der Waals surface area contributed by atoms with Gasteiger partial charge >= 0.3 is 0 Å². The number of carbonyl (C=O) groups excluding carboxylic acids is 1. The number of aliphatic hydroxyl groups is 1. The molecule has 2 rings (SSSR count). The highest BCUT2D eigenvalue weighted by Crippen LogP contribution is 2.23. The molecule has 1 aliphatic rings. The number of amides is 1. The van der Waals surface area contributed by atoms with Gasteiger partial charge in [-0.15, -0.1) is 0 Å². The van der Waals surface area contributed by atoms with Crippen LogP contribution in [0.3, 0.4) is 0 Å². The highest BCUT2D eigenvalue weighted by Gasteiger charge is 2.20. The van der Waals surface area contributed by atoms with Crippen molar-refractivity contribution in [3.63, 3.8) is 0 Å². The van der Waals surface area contributed by atoms with Crippen molar-refractivity contribution in [1.82, 2.24) is 9.88 Å². The van der Waals surface area contributed by atoms with Crippen LogP contribution in [0.2, 0.25) is 5.02 Å². The van der Waals surface area contributed by atoms with Gasteiger partial charge in [-0.1, -0.05) is 25.4 Å². The second-order valence-corrected chi connectivity index (χ2v) is 6.04. The number of pyridine rings is 1. The van der Waals surface area contributed by atoms with Crippen molar-refractivity contribution in [2.45, 2.75) is 19.9 Å². The number of hydrogen-bond acceptors (Lipinski definition) is 5. The standard InChI is InChI=1S/C15H22ClN3O3/c1-10(2)13(9-20)18-14-12(16)7-11(8-17-14)15(21)19-3-5-22-6-4-19/h7-8,10,13,20H,3-6,9H2,1-2H3,(H,17,18)/t13-/m1/s1.